The summed E-state index contributed by atoms with van der Waals surface area (Å²) in [5, 5.41) is 0. The standard InChI is InChI=1S/C11H17NO4/c1-5-15-10(13)9-8(4)12(6-7(2)3)16-11(9)14/h7H,5-6H2,1-4H3. The van der Waals surface area contributed by atoms with Crippen molar-refractivity contribution >= 4 is 5.97 Å². The molecule has 0 unspecified atom stereocenters. The molecule has 0 N–H and O–H groups in total. The third kappa shape index (κ3) is 2.53. The largest absolute Gasteiger partial charge is 0.462 e. The topological polar surface area (TPSA) is 61.4 Å². The fraction of sp³-hybridized carbons (Fsp3) is 0.636. The van der Waals surface area contributed by atoms with Crippen LogP contribution in [0, 0.1) is 12.8 Å². The van der Waals surface area contributed by atoms with Crippen LogP contribution in [0.15, 0.2) is 9.32 Å². The number of carbonyl (C=O) groups excluding carboxylic acids is 1. The molecule has 0 spiro atoms. The highest BCUT2D eigenvalue weighted by molar-refractivity contribution is 5.89. The zero-order valence-corrected chi connectivity index (χ0v) is 10.1. The Morgan fingerprint density at radius 3 is 2.62 bits per heavy atom. The second-order valence-electron chi connectivity index (χ2n) is 4.01. The van der Waals surface area contributed by atoms with Gasteiger partial charge in [-0.15, -0.1) is 0 Å². The van der Waals surface area contributed by atoms with Crippen LogP contribution in [-0.2, 0) is 11.3 Å². The van der Waals surface area contributed by atoms with Crippen molar-refractivity contribution in [3.8, 4) is 0 Å². The summed E-state index contributed by atoms with van der Waals surface area (Å²) in [5.74, 6) is -0.277. The molecule has 90 valence electrons. The Morgan fingerprint density at radius 1 is 1.50 bits per heavy atom. The van der Waals surface area contributed by atoms with Crippen LogP contribution in [-0.4, -0.2) is 17.3 Å². The lowest BCUT2D eigenvalue weighted by Crippen LogP contribution is -2.14. The summed E-state index contributed by atoms with van der Waals surface area (Å²) in [6, 6.07) is 0. The number of carbonyl (C=O) groups is 1. The highest BCUT2D eigenvalue weighted by Gasteiger charge is 2.22. The first-order valence-electron chi connectivity index (χ1n) is 5.35. The molecule has 16 heavy (non-hydrogen) atoms. The fourth-order valence-corrected chi connectivity index (χ4v) is 1.43. The maximum Gasteiger partial charge on any atom is 0.372 e. The maximum atomic E-state index is 11.5. The molecule has 1 aromatic rings. The van der Waals surface area contributed by atoms with Gasteiger partial charge in [0.2, 0.25) is 0 Å². The first-order valence-corrected chi connectivity index (χ1v) is 5.35. The smallest absolute Gasteiger partial charge is 0.372 e. The van der Waals surface area contributed by atoms with Crippen LogP contribution < -0.4 is 5.63 Å². The lowest BCUT2D eigenvalue weighted by molar-refractivity contribution is 0.0523. The Kier molecular flexibility index (Phi) is 3.93. The zero-order chi connectivity index (χ0) is 12.3. The molecular formula is C11H17NO4. The van der Waals surface area contributed by atoms with E-state index in [1.165, 1.54) is 4.74 Å². The SMILES string of the molecule is CCOC(=O)c1c(C)n(CC(C)C)oc1=O. The number of aromatic nitrogens is 1. The van der Waals surface area contributed by atoms with Crippen molar-refractivity contribution in [1.82, 2.24) is 4.74 Å². The Hall–Kier alpha value is -1.52. The van der Waals surface area contributed by atoms with E-state index in [0.29, 0.717) is 18.2 Å². The predicted molar refractivity (Wildman–Crippen MR) is 58.5 cm³/mol. The second-order valence-corrected chi connectivity index (χ2v) is 4.01. The third-order valence-electron chi connectivity index (χ3n) is 2.14. The van der Waals surface area contributed by atoms with E-state index >= 15 is 0 Å². The summed E-state index contributed by atoms with van der Waals surface area (Å²) < 4.78 is 11.2. The molecule has 0 aliphatic rings. The number of hydrogen-bond donors (Lipinski definition) is 0. The number of rotatable bonds is 4. The van der Waals surface area contributed by atoms with E-state index < -0.39 is 11.6 Å². The molecule has 0 saturated heterocycles. The molecule has 5 heteroatoms. The third-order valence-corrected chi connectivity index (χ3v) is 2.14. The number of hydrogen-bond acceptors (Lipinski definition) is 4. The van der Waals surface area contributed by atoms with E-state index in [4.69, 9.17) is 9.26 Å². The molecule has 0 aliphatic heterocycles. The maximum absolute atomic E-state index is 11.5. The molecule has 0 aliphatic carbocycles. The molecule has 0 aromatic carbocycles. The molecule has 1 rings (SSSR count). The van der Waals surface area contributed by atoms with E-state index in [1.54, 1.807) is 13.8 Å². The van der Waals surface area contributed by atoms with Crippen molar-refractivity contribution in [2.24, 2.45) is 5.92 Å². The molecule has 0 radical (unpaired) electrons. The van der Waals surface area contributed by atoms with Gasteiger partial charge in [0.25, 0.3) is 0 Å². The molecule has 1 heterocycles. The van der Waals surface area contributed by atoms with Gasteiger partial charge in [-0.1, -0.05) is 13.8 Å². The second kappa shape index (κ2) is 5.01. The molecule has 0 fully saturated rings. The average molecular weight is 227 g/mol. The van der Waals surface area contributed by atoms with Crippen LogP contribution in [0.2, 0.25) is 0 Å². The predicted octanol–water partition coefficient (Wildman–Crippen LogP) is 1.58. The van der Waals surface area contributed by atoms with Gasteiger partial charge >= 0.3 is 11.6 Å². The minimum Gasteiger partial charge on any atom is -0.462 e. The summed E-state index contributed by atoms with van der Waals surface area (Å²) in [7, 11) is 0. The van der Waals surface area contributed by atoms with Crippen molar-refractivity contribution in [1.29, 1.82) is 0 Å². The van der Waals surface area contributed by atoms with Crippen molar-refractivity contribution in [2.75, 3.05) is 6.61 Å². The molecule has 0 amide bonds. The van der Waals surface area contributed by atoms with Crippen LogP contribution in [0.4, 0.5) is 0 Å². The van der Waals surface area contributed by atoms with Gasteiger partial charge in [-0.05, 0) is 19.8 Å². The van der Waals surface area contributed by atoms with E-state index in [1.807, 2.05) is 13.8 Å². The Balaban J connectivity index is 3.07. The lowest BCUT2D eigenvalue weighted by atomic mass is 10.2. The molecule has 5 nitrogen and oxygen atoms in total. The molecular weight excluding hydrogens is 210 g/mol. The first-order chi connectivity index (χ1) is 7.47. The summed E-state index contributed by atoms with van der Waals surface area (Å²) in [5.41, 5.74) is -0.101. The highest BCUT2D eigenvalue weighted by Crippen LogP contribution is 2.09. The fourth-order valence-electron chi connectivity index (χ4n) is 1.43. The van der Waals surface area contributed by atoms with Gasteiger partial charge in [0.15, 0.2) is 5.56 Å². The lowest BCUT2D eigenvalue weighted by Gasteiger charge is -2.06. The first kappa shape index (κ1) is 12.5. The van der Waals surface area contributed by atoms with Gasteiger partial charge in [-0.2, -0.15) is 0 Å². The van der Waals surface area contributed by atoms with E-state index in [0.717, 1.165) is 0 Å². The van der Waals surface area contributed by atoms with Gasteiger partial charge in [0.05, 0.1) is 18.8 Å². The van der Waals surface area contributed by atoms with E-state index in [-0.39, 0.29) is 12.2 Å². The Bertz CT molecular complexity index is 428. The quantitative estimate of drug-likeness (QED) is 0.733. The van der Waals surface area contributed by atoms with Gasteiger partial charge < -0.3 is 9.26 Å². The van der Waals surface area contributed by atoms with Gasteiger partial charge in [-0.3, -0.25) is 0 Å². The Labute approximate surface area is 94.0 Å². The van der Waals surface area contributed by atoms with E-state index in [9.17, 15) is 9.59 Å². The Morgan fingerprint density at radius 2 is 2.12 bits per heavy atom. The number of nitrogens with zero attached hydrogens (tertiary/aromatic N) is 1. The summed E-state index contributed by atoms with van der Waals surface area (Å²) in [4.78, 5) is 23.0. The molecule has 0 bridgehead atoms. The van der Waals surface area contributed by atoms with Crippen molar-refractivity contribution in [2.45, 2.75) is 34.2 Å². The zero-order valence-electron chi connectivity index (χ0n) is 10.1. The number of esters is 1. The van der Waals surface area contributed by atoms with E-state index in [2.05, 4.69) is 0 Å². The molecule has 0 saturated carbocycles. The minimum absolute atomic E-state index is 0.00231. The van der Waals surface area contributed by atoms with Gasteiger partial charge in [-0.25, -0.2) is 14.3 Å². The van der Waals surface area contributed by atoms with Gasteiger partial charge in [0.1, 0.15) is 0 Å². The van der Waals surface area contributed by atoms with Crippen LogP contribution >= 0.6 is 0 Å². The summed E-state index contributed by atoms with van der Waals surface area (Å²) in [6.45, 7) is 8.19. The van der Waals surface area contributed by atoms with Crippen LogP contribution in [0.3, 0.4) is 0 Å². The van der Waals surface area contributed by atoms with Crippen LogP contribution in [0.1, 0.15) is 36.8 Å². The highest BCUT2D eigenvalue weighted by atomic mass is 16.5. The monoisotopic (exact) mass is 227 g/mol. The minimum atomic E-state index is -0.628. The van der Waals surface area contributed by atoms with Crippen molar-refractivity contribution in [3.05, 3.63) is 21.7 Å². The summed E-state index contributed by atoms with van der Waals surface area (Å²) in [6.07, 6.45) is 0. The van der Waals surface area contributed by atoms with Crippen molar-refractivity contribution in [3.63, 3.8) is 0 Å². The van der Waals surface area contributed by atoms with Crippen molar-refractivity contribution < 1.29 is 14.1 Å². The van der Waals surface area contributed by atoms with Crippen LogP contribution in [0.5, 0.6) is 0 Å². The van der Waals surface area contributed by atoms with Crippen LogP contribution in [0.25, 0.3) is 0 Å². The number of ether oxygens (including phenoxy) is 1. The average Bonchev–Trinajstić information content (AvgIpc) is 2.41. The van der Waals surface area contributed by atoms with Gasteiger partial charge in [0, 0.05) is 0 Å². The summed E-state index contributed by atoms with van der Waals surface area (Å²) >= 11 is 0. The molecule has 0 atom stereocenters. The normalized spacial score (nSPS) is 10.8. The molecule has 1 aromatic heterocycles.